The highest BCUT2D eigenvalue weighted by atomic mass is 19.3. The summed E-state index contributed by atoms with van der Waals surface area (Å²) in [6.45, 7) is 2.87. The van der Waals surface area contributed by atoms with Gasteiger partial charge in [-0.1, -0.05) is 0 Å². The molecule has 1 saturated carbocycles. The molecule has 124 valence electrons. The molecule has 1 aromatic heterocycles. The van der Waals surface area contributed by atoms with E-state index in [1.54, 1.807) is 0 Å². The van der Waals surface area contributed by atoms with Gasteiger partial charge in [-0.25, -0.2) is 9.48 Å². The number of aromatic nitrogens is 2. The number of alkyl carbamates (subject to hydrolysis) is 1. The molecular weight excluding hydrogens is 292 g/mol. The normalized spacial score (nSPS) is 22.6. The molecule has 7 heteroatoms. The van der Waals surface area contributed by atoms with Gasteiger partial charge in [-0.05, 0) is 57.9 Å². The van der Waals surface area contributed by atoms with E-state index < -0.39 is 18.2 Å². The van der Waals surface area contributed by atoms with E-state index in [9.17, 15) is 13.6 Å². The van der Waals surface area contributed by atoms with Gasteiger partial charge in [-0.3, -0.25) is 0 Å². The van der Waals surface area contributed by atoms with Gasteiger partial charge in [-0.2, -0.15) is 13.9 Å². The number of hydrogen-bond donors (Lipinski definition) is 1. The largest absolute Gasteiger partial charge is 0.444 e. The summed E-state index contributed by atoms with van der Waals surface area (Å²) in [7, 11) is 0. The molecule has 0 aromatic carbocycles. The average molecular weight is 315 g/mol. The number of alkyl halides is 2. The Balaban J connectivity index is 1.81. The van der Waals surface area contributed by atoms with Gasteiger partial charge < -0.3 is 10.1 Å². The maximum Gasteiger partial charge on any atom is 0.407 e. The van der Waals surface area contributed by atoms with Gasteiger partial charge in [0.2, 0.25) is 0 Å². The second-order valence-electron chi connectivity index (χ2n) is 6.73. The SMILES string of the molecule is CC(C)(C)OC(=O)NC1CCC(c2cnn(C(F)F)c2)CC1. The lowest BCUT2D eigenvalue weighted by molar-refractivity contribution is 0.0489. The Labute approximate surface area is 129 Å². The summed E-state index contributed by atoms with van der Waals surface area (Å²) >= 11 is 0. The van der Waals surface area contributed by atoms with Crippen molar-refractivity contribution in [1.29, 1.82) is 0 Å². The molecule has 22 heavy (non-hydrogen) atoms. The molecule has 0 aliphatic heterocycles. The van der Waals surface area contributed by atoms with E-state index in [0.29, 0.717) is 4.68 Å². The monoisotopic (exact) mass is 315 g/mol. The van der Waals surface area contributed by atoms with Crippen LogP contribution in [0.15, 0.2) is 12.4 Å². The van der Waals surface area contributed by atoms with Gasteiger partial charge in [0, 0.05) is 12.2 Å². The number of carbonyl (C=O) groups excluding carboxylic acids is 1. The molecule has 0 unspecified atom stereocenters. The minimum absolute atomic E-state index is 0.0799. The first-order chi connectivity index (χ1) is 10.2. The first-order valence-electron chi connectivity index (χ1n) is 7.56. The lowest BCUT2D eigenvalue weighted by atomic mass is 9.83. The van der Waals surface area contributed by atoms with E-state index in [0.717, 1.165) is 31.2 Å². The lowest BCUT2D eigenvalue weighted by Gasteiger charge is -2.29. The minimum atomic E-state index is -2.60. The Bertz CT molecular complexity index is 503. The van der Waals surface area contributed by atoms with Crippen LogP contribution in [0.4, 0.5) is 13.6 Å². The molecule has 1 aliphatic rings. The topological polar surface area (TPSA) is 56.1 Å². The van der Waals surface area contributed by atoms with Gasteiger partial charge >= 0.3 is 12.6 Å². The molecule has 5 nitrogen and oxygen atoms in total. The van der Waals surface area contributed by atoms with Crippen molar-refractivity contribution in [3.63, 3.8) is 0 Å². The molecule has 1 heterocycles. The molecule has 1 amide bonds. The van der Waals surface area contributed by atoms with Gasteiger partial charge in [0.25, 0.3) is 0 Å². The summed E-state index contributed by atoms with van der Waals surface area (Å²) in [5, 5.41) is 6.54. The molecule has 0 radical (unpaired) electrons. The molecule has 0 spiro atoms. The molecule has 0 bridgehead atoms. The van der Waals surface area contributed by atoms with Crippen molar-refractivity contribution in [2.75, 3.05) is 0 Å². The zero-order valence-electron chi connectivity index (χ0n) is 13.2. The molecule has 1 aliphatic carbocycles. The van der Waals surface area contributed by atoms with E-state index in [4.69, 9.17) is 4.74 Å². The maximum atomic E-state index is 12.5. The standard InChI is InChI=1S/C15H23F2N3O2/c1-15(2,3)22-14(21)19-12-6-4-10(5-7-12)11-8-18-20(9-11)13(16)17/h8-10,12-13H,4-7H2,1-3H3,(H,19,21). The zero-order chi connectivity index (χ0) is 16.3. The van der Waals surface area contributed by atoms with Crippen molar-refractivity contribution in [3.05, 3.63) is 18.0 Å². The van der Waals surface area contributed by atoms with E-state index in [2.05, 4.69) is 10.4 Å². The third-order valence-corrected chi connectivity index (χ3v) is 3.74. The highest BCUT2D eigenvalue weighted by Crippen LogP contribution is 2.33. The van der Waals surface area contributed by atoms with E-state index >= 15 is 0 Å². The fourth-order valence-corrected chi connectivity index (χ4v) is 2.72. The van der Waals surface area contributed by atoms with Crippen molar-refractivity contribution in [3.8, 4) is 0 Å². The predicted octanol–water partition coefficient (Wildman–Crippen LogP) is 3.83. The second kappa shape index (κ2) is 6.62. The van der Waals surface area contributed by atoms with Crippen LogP contribution in [-0.4, -0.2) is 27.5 Å². The van der Waals surface area contributed by atoms with Gasteiger partial charge in [-0.15, -0.1) is 0 Å². The van der Waals surface area contributed by atoms with E-state index in [1.807, 2.05) is 20.8 Å². The Hall–Kier alpha value is -1.66. The fraction of sp³-hybridized carbons (Fsp3) is 0.733. The van der Waals surface area contributed by atoms with Crippen molar-refractivity contribution < 1.29 is 18.3 Å². The highest BCUT2D eigenvalue weighted by Gasteiger charge is 2.26. The van der Waals surface area contributed by atoms with Gasteiger partial charge in [0.1, 0.15) is 5.60 Å². The first-order valence-corrected chi connectivity index (χ1v) is 7.56. The fourth-order valence-electron chi connectivity index (χ4n) is 2.72. The number of halogens is 2. The number of ether oxygens (including phenoxy) is 1. The molecule has 1 N–H and O–H groups in total. The minimum Gasteiger partial charge on any atom is -0.444 e. The summed E-state index contributed by atoms with van der Waals surface area (Å²) in [6, 6.07) is 0.0799. The molecule has 1 aromatic rings. The smallest absolute Gasteiger partial charge is 0.407 e. The third kappa shape index (κ3) is 4.68. The first kappa shape index (κ1) is 16.7. The third-order valence-electron chi connectivity index (χ3n) is 3.74. The van der Waals surface area contributed by atoms with Crippen LogP contribution in [0.25, 0.3) is 0 Å². The van der Waals surface area contributed by atoms with Crippen LogP contribution in [0.3, 0.4) is 0 Å². The maximum absolute atomic E-state index is 12.5. The van der Waals surface area contributed by atoms with Crippen molar-refractivity contribution in [1.82, 2.24) is 15.1 Å². The van der Waals surface area contributed by atoms with Crippen LogP contribution in [0.2, 0.25) is 0 Å². The Morgan fingerprint density at radius 1 is 1.36 bits per heavy atom. The average Bonchev–Trinajstić information content (AvgIpc) is 2.87. The van der Waals surface area contributed by atoms with Gasteiger partial charge in [0.05, 0.1) is 6.20 Å². The van der Waals surface area contributed by atoms with Crippen LogP contribution >= 0.6 is 0 Å². The Morgan fingerprint density at radius 3 is 2.50 bits per heavy atom. The van der Waals surface area contributed by atoms with Crippen molar-refractivity contribution in [2.45, 2.75) is 70.6 Å². The van der Waals surface area contributed by atoms with Crippen LogP contribution < -0.4 is 5.32 Å². The highest BCUT2D eigenvalue weighted by molar-refractivity contribution is 5.68. The lowest BCUT2D eigenvalue weighted by Crippen LogP contribution is -2.40. The number of nitrogens with zero attached hydrogens (tertiary/aromatic N) is 2. The Morgan fingerprint density at radius 2 is 2.00 bits per heavy atom. The molecule has 2 rings (SSSR count). The quantitative estimate of drug-likeness (QED) is 0.922. The van der Waals surface area contributed by atoms with Crippen molar-refractivity contribution >= 4 is 6.09 Å². The summed E-state index contributed by atoms with van der Waals surface area (Å²) in [5.74, 6) is 0.226. The number of hydrogen-bond acceptors (Lipinski definition) is 3. The van der Waals surface area contributed by atoms with Crippen molar-refractivity contribution in [2.24, 2.45) is 0 Å². The van der Waals surface area contributed by atoms with Gasteiger partial charge in [0.15, 0.2) is 0 Å². The second-order valence-corrected chi connectivity index (χ2v) is 6.73. The zero-order valence-corrected chi connectivity index (χ0v) is 13.2. The van der Waals surface area contributed by atoms with Crippen LogP contribution in [0.5, 0.6) is 0 Å². The van der Waals surface area contributed by atoms with Crippen LogP contribution in [0.1, 0.15) is 64.5 Å². The summed E-state index contributed by atoms with van der Waals surface area (Å²) in [4.78, 5) is 11.7. The molecule has 0 saturated heterocycles. The molecular formula is C15H23F2N3O2. The number of rotatable bonds is 3. The van der Waals surface area contributed by atoms with E-state index in [-0.39, 0.29) is 12.0 Å². The number of nitrogens with one attached hydrogen (secondary N) is 1. The number of carbonyl (C=O) groups is 1. The predicted molar refractivity (Wildman–Crippen MR) is 77.8 cm³/mol. The van der Waals surface area contributed by atoms with E-state index in [1.165, 1.54) is 12.4 Å². The number of amides is 1. The summed E-state index contributed by atoms with van der Waals surface area (Å²) in [5.41, 5.74) is 0.335. The van der Waals surface area contributed by atoms with Crippen LogP contribution in [-0.2, 0) is 4.74 Å². The molecule has 1 fully saturated rings. The molecule has 0 atom stereocenters. The van der Waals surface area contributed by atoms with Crippen LogP contribution in [0, 0.1) is 0 Å². The Kier molecular flexibility index (Phi) is 5.03. The summed E-state index contributed by atoms with van der Waals surface area (Å²) < 4.78 is 31.0. The summed E-state index contributed by atoms with van der Waals surface area (Å²) in [6.07, 6.45) is 5.83.